The lowest BCUT2D eigenvalue weighted by molar-refractivity contribution is -0.127. The van der Waals surface area contributed by atoms with E-state index in [1.54, 1.807) is 12.3 Å². The van der Waals surface area contributed by atoms with Crippen LogP contribution in [0.15, 0.2) is 73.2 Å². The van der Waals surface area contributed by atoms with Gasteiger partial charge in [-0.15, -0.1) is 0 Å². The van der Waals surface area contributed by atoms with Gasteiger partial charge in [0.05, 0.1) is 17.5 Å². The summed E-state index contributed by atoms with van der Waals surface area (Å²) in [5.41, 5.74) is 9.03. The number of nitrogens with two attached hydrogens (primary N) is 1. The van der Waals surface area contributed by atoms with Crippen molar-refractivity contribution >= 4 is 23.1 Å². The predicted molar refractivity (Wildman–Crippen MR) is 164 cm³/mol. The molecule has 2 aliphatic rings. The van der Waals surface area contributed by atoms with Gasteiger partial charge in [0.1, 0.15) is 29.5 Å². The fraction of sp³-hybridized carbons (Fsp3) is 0.394. The largest absolute Gasteiger partial charge is 0.456 e. The predicted octanol–water partition coefficient (Wildman–Crippen LogP) is 6.26. The number of carbonyl (C=O) groups excluding carboxylic acids is 1. The first-order valence-corrected chi connectivity index (χ1v) is 14.7. The van der Waals surface area contributed by atoms with Crippen molar-refractivity contribution in [3.8, 4) is 11.5 Å². The highest BCUT2D eigenvalue weighted by molar-refractivity contribution is 5.90. The highest BCUT2D eigenvalue weighted by atomic mass is 16.5. The molecule has 0 saturated carbocycles. The second kappa shape index (κ2) is 13.4. The number of para-hydroxylation sites is 1. The zero-order valence-corrected chi connectivity index (χ0v) is 24.1. The minimum absolute atomic E-state index is 0.116. The summed E-state index contributed by atoms with van der Waals surface area (Å²) in [6, 6.07) is 13.8. The topological polar surface area (TPSA) is 97.5 Å². The first kappa shape index (κ1) is 28.3. The van der Waals surface area contributed by atoms with Crippen LogP contribution in [0.25, 0.3) is 5.57 Å². The summed E-state index contributed by atoms with van der Waals surface area (Å²) >= 11 is 0. The van der Waals surface area contributed by atoms with Gasteiger partial charge in [-0.25, -0.2) is 9.97 Å². The smallest absolute Gasteiger partial charge is 0.246 e. The number of piperidine rings is 1. The molecule has 5 rings (SSSR count). The molecular formula is C33H40N6O2. The van der Waals surface area contributed by atoms with Crippen LogP contribution in [0.4, 0.5) is 11.6 Å². The molecule has 41 heavy (non-hydrogen) atoms. The number of aromatic nitrogens is 3. The Morgan fingerprint density at radius 3 is 2.59 bits per heavy atom. The second-order valence-electron chi connectivity index (χ2n) is 11.1. The lowest BCUT2D eigenvalue weighted by atomic mass is 10.0. The molecule has 8 heteroatoms. The van der Waals surface area contributed by atoms with Gasteiger partial charge in [-0.1, -0.05) is 50.6 Å². The molecule has 0 aliphatic carbocycles. The maximum Gasteiger partial charge on any atom is 0.246 e. The number of allylic oxidation sites excluding steroid dienone is 1. The van der Waals surface area contributed by atoms with Crippen molar-refractivity contribution in [1.82, 2.24) is 19.9 Å². The van der Waals surface area contributed by atoms with Crippen molar-refractivity contribution in [3.05, 3.63) is 84.5 Å². The molecule has 1 aromatic carbocycles. The number of anilines is 2. The van der Waals surface area contributed by atoms with Gasteiger partial charge in [0, 0.05) is 31.2 Å². The summed E-state index contributed by atoms with van der Waals surface area (Å²) in [4.78, 5) is 30.9. The Labute approximate surface area is 243 Å². The van der Waals surface area contributed by atoms with E-state index in [9.17, 15) is 4.79 Å². The average Bonchev–Trinajstić information content (AvgIpc) is 3.18. The molecule has 0 unspecified atom stereocenters. The van der Waals surface area contributed by atoms with Gasteiger partial charge >= 0.3 is 0 Å². The Balaban J connectivity index is 1.26. The molecule has 1 amide bonds. The van der Waals surface area contributed by atoms with E-state index in [2.05, 4.69) is 29.8 Å². The summed E-state index contributed by atoms with van der Waals surface area (Å²) in [7, 11) is 0. The number of benzene rings is 1. The van der Waals surface area contributed by atoms with Gasteiger partial charge in [0.2, 0.25) is 5.91 Å². The molecule has 1 fully saturated rings. The quantitative estimate of drug-likeness (QED) is 0.247. The molecule has 0 radical (unpaired) electrons. The van der Waals surface area contributed by atoms with Crippen molar-refractivity contribution in [1.29, 1.82) is 0 Å². The van der Waals surface area contributed by atoms with Crippen LogP contribution >= 0.6 is 0 Å². The lowest BCUT2D eigenvalue weighted by Gasteiger charge is -2.39. The molecule has 2 N–H and O–H groups in total. The van der Waals surface area contributed by atoms with Gasteiger partial charge in [0.15, 0.2) is 0 Å². The van der Waals surface area contributed by atoms with E-state index >= 15 is 0 Å². The van der Waals surface area contributed by atoms with Crippen molar-refractivity contribution in [2.75, 3.05) is 30.3 Å². The van der Waals surface area contributed by atoms with Gasteiger partial charge in [0.25, 0.3) is 0 Å². The normalized spacial score (nSPS) is 16.0. The third kappa shape index (κ3) is 7.12. The van der Waals surface area contributed by atoms with Crippen LogP contribution < -0.4 is 15.4 Å². The molecule has 2 aliphatic heterocycles. The van der Waals surface area contributed by atoms with E-state index in [-0.39, 0.29) is 11.9 Å². The number of unbranched alkanes of at least 4 members (excludes halogenated alkanes) is 1. The fourth-order valence-electron chi connectivity index (χ4n) is 5.57. The molecule has 3 aromatic rings. The minimum Gasteiger partial charge on any atom is -0.456 e. The Bertz CT molecular complexity index is 1360. The maximum atomic E-state index is 12.8. The van der Waals surface area contributed by atoms with Gasteiger partial charge < -0.3 is 20.3 Å². The highest BCUT2D eigenvalue weighted by Gasteiger charge is 2.31. The van der Waals surface area contributed by atoms with Gasteiger partial charge in [-0.05, 0) is 68.4 Å². The highest BCUT2D eigenvalue weighted by Crippen LogP contribution is 2.38. The minimum atomic E-state index is 0.116. The monoisotopic (exact) mass is 552 g/mol. The third-order valence-corrected chi connectivity index (χ3v) is 7.74. The summed E-state index contributed by atoms with van der Waals surface area (Å²) in [6.45, 7) is 6.75. The zero-order valence-electron chi connectivity index (χ0n) is 24.1. The first-order valence-electron chi connectivity index (χ1n) is 14.7. The van der Waals surface area contributed by atoms with E-state index in [1.165, 1.54) is 12.7 Å². The van der Waals surface area contributed by atoms with Crippen molar-refractivity contribution < 1.29 is 9.53 Å². The third-order valence-electron chi connectivity index (χ3n) is 7.74. The number of hydrogen-bond acceptors (Lipinski definition) is 7. The van der Waals surface area contributed by atoms with E-state index in [0.29, 0.717) is 17.5 Å². The number of pyridine rings is 1. The molecule has 4 heterocycles. The molecule has 0 bridgehead atoms. The maximum absolute atomic E-state index is 12.8. The van der Waals surface area contributed by atoms with E-state index in [4.69, 9.17) is 20.4 Å². The number of fused-ring (bicyclic) bond motifs is 1. The number of nitrogens with zero attached hydrogens (tertiary/aromatic N) is 5. The number of nitrogen functional groups attached to an aromatic ring is 1. The standard InChI is InChI=1S/C33H40N6O2/c1-24(2)10-5-3-8-14-30(40)38-20-17-25(18-21-38)39-19-9-13-28(31-32(34)36-23-37-33(31)39)29-16-15-27(22-35-29)41-26-11-6-4-7-12-26/h4,6-8,11-16,22-25H,3,5,9-10,17-21H2,1-2H3,(H2,34,36,37). The molecular weight excluding hydrogens is 512 g/mol. The number of likely N-dealkylation sites (tertiary alicyclic amines) is 1. The Morgan fingerprint density at radius 2 is 1.85 bits per heavy atom. The molecule has 0 spiro atoms. The van der Waals surface area contributed by atoms with Crippen LogP contribution in [-0.4, -0.2) is 51.4 Å². The van der Waals surface area contributed by atoms with Crippen molar-refractivity contribution in [2.24, 2.45) is 5.92 Å². The number of hydrogen-bond donors (Lipinski definition) is 1. The van der Waals surface area contributed by atoms with E-state index in [0.717, 1.165) is 80.1 Å². The van der Waals surface area contributed by atoms with E-state index in [1.807, 2.05) is 53.4 Å². The van der Waals surface area contributed by atoms with Crippen molar-refractivity contribution in [2.45, 2.75) is 58.4 Å². The zero-order chi connectivity index (χ0) is 28.6. The average molecular weight is 553 g/mol. The van der Waals surface area contributed by atoms with Crippen molar-refractivity contribution in [3.63, 3.8) is 0 Å². The number of ether oxygens (including phenoxy) is 1. The van der Waals surface area contributed by atoms with Crippen LogP contribution in [0.3, 0.4) is 0 Å². The molecule has 0 atom stereocenters. The summed E-state index contributed by atoms with van der Waals surface area (Å²) in [5.74, 6) is 3.52. The molecule has 1 saturated heterocycles. The first-order chi connectivity index (χ1) is 20.0. The number of carbonyl (C=O) groups is 1. The van der Waals surface area contributed by atoms with E-state index < -0.39 is 0 Å². The van der Waals surface area contributed by atoms with Gasteiger partial charge in [-0.2, -0.15) is 0 Å². The Kier molecular flexibility index (Phi) is 9.29. The summed E-state index contributed by atoms with van der Waals surface area (Å²) < 4.78 is 5.93. The lowest BCUT2D eigenvalue weighted by Crippen LogP contribution is -2.47. The SMILES string of the molecule is CC(C)CCCC=CC(=O)N1CCC(N2CCC=C(c3ccc(Oc4ccccc4)cn3)c3c(N)ncnc32)CC1. The summed E-state index contributed by atoms with van der Waals surface area (Å²) in [5, 5.41) is 0. The molecule has 214 valence electrons. The summed E-state index contributed by atoms with van der Waals surface area (Å²) in [6.07, 6.45) is 15.1. The van der Waals surface area contributed by atoms with Crippen LogP contribution in [0, 0.1) is 5.92 Å². The number of amides is 1. The Morgan fingerprint density at radius 1 is 1.05 bits per heavy atom. The van der Waals surface area contributed by atoms with Gasteiger partial charge in [-0.3, -0.25) is 9.78 Å². The molecule has 8 nitrogen and oxygen atoms in total. The van der Waals surface area contributed by atoms with Crippen LogP contribution in [0.2, 0.25) is 0 Å². The second-order valence-corrected chi connectivity index (χ2v) is 11.1. The Hall–Kier alpha value is -4.20. The van der Waals surface area contributed by atoms with Crippen LogP contribution in [0.1, 0.15) is 63.6 Å². The number of rotatable bonds is 9. The molecule has 2 aromatic heterocycles. The fourth-order valence-corrected chi connectivity index (χ4v) is 5.57. The van der Waals surface area contributed by atoms with Crippen LogP contribution in [-0.2, 0) is 4.79 Å². The van der Waals surface area contributed by atoms with Crippen LogP contribution in [0.5, 0.6) is 11.5 Å².